The van der Waals surface area contributed by atoms with E-state index in [1.54, 1.807) is 4.90 Å². The number of hydrogen-bond acceptors (Lipinski definition) is 3. The zero-order valence-corrected chi connectivity index (χ0v) is 9.12. The highest BCUT2D eigenvalue weighted by Gasteiger charge is 2.28. The second-order valence-electron chi connectivity index (χ2n) is 4.95. The Labute approximate surface area is 84.8 Å². The summed E-state index contributed by atoms with van der Waals surface area (Å²) in [6, 6.07) is 0. The number of carbonyl (C=O) groups is 1. The van der Waals surface area contributed by atoms with Gasteiger partial charge >= 0.3 is 0 Å². The van der Waals surface area contributed by atoms with E-state index in [0.29, 0.717) is 13.1 Å². The van der Waals surface area contributed by atoms with Crippen LogP contribution in [-0.4, -0.2) is 48.3 Å². The smallest absolute Gasteiger partial charge is 0.248 e. The third-order valence-electron chi connectivity index (χ3n) is 2.09. The van der Waals surface area contributed by atoms with Crippen LogP contribution < -0.4 is 0 Å². The van der Waals surface area contributed by atoms with Crippen molar-refractivity contribution in [2.75, 3.05) is 26.3 Å². The molecule has 1 saturated heterocycles. The summed E-state index contributed by atoms with van der Waals surface area (Å²) in [6.07, 6.45) is -0.213. The van der Waals surface area contributed by atoms with E-state index in [-0.39, 0.29) is 30.6 Å². The van der Waals surface area contributed by atoms with Crippen molar-refractivity contribution < 1.29 is 14.6 Å². The van der Waals surface area contributed by atoms with Gasteiger partial charge in [-0.05, 0) is 5.41 Å². The van der Waals surface area contributed by atoms with Gasteiger partial charge in [0, 0.05) is 13.1 Å². The Morgan fingerprint density at radius 2 is 2.21 bits per heavy atom. The summed E-state index contributed by atoms with van der Waals surface area (Å²) >= 11 is 0. The van der Waals surface area contributed by atoms with Gasteiger partial charge < -0.3 is 14.7 Å². The quantitative estimate of drug-likeness (QED) is 0.697. The summed E-state index contributed by atoms with van der Waals surface area (Å²) in [7, 11) is 0. The van der Waals surface area contributed by atoms with Crippen LogP contribution in [0.3, 0.4) is 0 Å². The third-order valence-corrected chi connectivity index (χ3v) is 2.09. The van der Waals surface area contributed by atoms with Crippen LogP contribution in [0, 0.1) is 5.41 Å². The van der Waals surface area contributed by atoms with Crippen molar-refractivity contribution in [1.29, 1.82) is 0 Å². The van der Waals surface area contributed by atoms with Crippen LogP contribution in [0.25, 0.3) is 0 Å². The molecule has 1 rings (SSSR count). The highest BCUT2D eigenvalue weighted by molar-refractivity contribution is 5.78. The first-order valence-corrected chi connectivity index (χ1v) is 4.92. The first-order chi connectivity index (χ1) is 6.42. The lowest BCUT2D eigenvalue weighted by molar-refractivity contribution is -0.152. The van der Waals surface area contributed by atoms with Crippen molar-refractivity contribution in [1.82, 2.24) is 4.90 Å². The Bertz CT molecular complexity index is 210. The number of amides is 1. The van der Waals surface area contributed by atoms with Crippen molar-refractivity contribution in [2.45, 2.75) is 26.9 Å². The first-order valence-electron chi connectivity index (χ1n) is 4.92. The summed E-state index contributed by atoms with van der Waals surface area (Å²) in [5.74, 6) is 0.0182. The number of carbonyl (C=O) groups excluding carboxylic acids is 1. The van der Waals surface area contributed by atoms with Gasteiger partial charge in [0.1, 0.15) is 6.61 Å². The Hall–Kier alpha value is -0.610. The van der Waals surface area contributed by atoms with Crippen LogP contribution in [0.4, 0.5) is 0 Å². The van der Waals surface area contributed by atoms with Crippen LogP contribution in [0.15, 0.2) is 0 Å². The predicted octanol–water partition coefficient (Wildman–Crippen LogP) is 0.252. The van der Waals surface area contributed by atoms with Gasteiger partial charge in [-0.3, -0.25) is 4.79 Å². The molecular weight excluding hydrogens is 182 g/mol. The van der Waals surface area contributed by atoms with Crippen LogP contribution in [0.1, 0.15) is 20.8 Å². The maximum Gasteiger partial charge on any atom is 0.248 e. The molecule has 1 heterocycles. The Balaban J connectivity index is 2.53. The molecule has 4 heteroatoms. The van der Waals surface area contributed by atoms with Gasteiger partial charge in [0.05, 0.1) is 12.7 Å². The fourth-order valence-corrected chi connectivity index (χ4v) is 1.52. The number of morpholine rings is 1. The van der Waals surface area contributed by atoms with Crippen molar-refractivity contribution in [2.24, 2.45) is 5.41 Å². The lowest BCUT2D eigenvalue weighted by Gasteiger charge is -2.35. The van der Waals surface area contributed by atoms with E-state index in [1.807, 2.05) is 0 Å². The van der Waals surface area contributed by atoms with Gasteiger partial charge in [-0.25, -0.2) is 0 Å². The van der Waals surface area contributed by atoms with Gasteiger partial charge in [-0.15, -0.1) is 0 Å². The van der Waals surface area contributed by atoms with Crippen molar-refractivity contribution in [3.8, 4) is 0 Å². The van der Waals surface area contributed by atoms with Crippen molar-refractivity contribution in [3.63, 3.8) is 0 Å². The molecule has 0 spiro atoms. The molecule has 0 aromatic carbocycles. The summed E-state index contributed by atoms with van der Waals surface area (Å²) in [5.41, 5.74) is 0.0903. The Morgan fingerprint density at radius 3 is 2.71 bits per heavy atom. The highest BCUT2D eigenvalue weighted by atomic mass is 16.5. The van der Waals surface area contributed by atoms with E-state index < -0.39 is 0 Å². The SMILES string of the molecule is CC(C)(C)CN1CC(CO)OCC1=O. The van der Waals surface area contributed by atoms with E-state index in [9.17, 15) is 4.79 Å². The van der Waals surface area contributed by atoms with Gasteiger partial charge in [0.15, 0.2) is 0 Å². The monoisotopic (exact) mass is 201 g/mol. The number of nitrogens with zero attached hydrogens (tertiary/aromatic N) is 1. The van der Waals surface area contributed by atoms with Crippen LogP contribution >= 0.6 is 0 Å². The topological polar surface area (TPSA) is 49.8 Å². The largest absolute Gasteiger partial charge is 0.394 e. The second-order valence-corrected chi connectivity index (χ2v) is 4.95. The molecule has 1 aliphatic heterocycles. The molecule has 0 aliphatic carbocycles. The minimum absolute atomic E-state index is 0.0182. The first kappa shape index (κ1) is 11.5. The average molecular weight is 201 g/mol. The van der Waals surface area contributed by atoms with E-state index in [1.165, 1.54) is 0 Å². The van der Waals surface area contributed by atoms with E-state index in [2.05, 4.69) is 20.8 Å². The number of hydrogen-bond donors (Lipinski definition) is 1. The van der Waals surface area contributed by atoms with Crippen molar-refractivity contribution >= 4 is 5.91 Å². The molecule has 0 aromatic heterocycles. The molecule has 1 fully saturated rings. The number of ether oxygens (including phenoxy) is 1. The standard InChI is InChI=1S/C10H19NO3/c1-10(2,3)7-11-4-8(5-12)14-6-9(11)13/h8,12H,4-7H2,1-3H3. The van der Waals surface area contributed by atoms with Gasteiger partial charge in [-0.1, -0.05) is 20.8 Å². The van der Waals surface area contributed by atoms with Gasteiger partial charge in [0.25, 0.3) is 0 Å². The molecule has 0 saturated carbocycles. The molecule has 14 heavy (non-hydrogen) atoms. The average Bonchev–Trinajstić information content (AvgIpc) is 2.06. The van der Waals surface area contributed by atoms with Crippen LogP contribution in [-0.2, 0) is 9.53 Å². The normalized spacial score (nSPS) is 24.1. The molecule has 0 radical (unpaired) electrons. The number of aliphatic hydroxyl groups excluding tert-OH is 1. The van der Waals surface area contributed by atoms with Gasteiger partial charge in [-0.2, -0.15) is 0 Å². The van der Waals surface area contributed by atoms with Crippen LogP contribution in [0.2, 0.25) is 0 Å². The molecule has 0 aromatic rings. The molecule has 4 nitrogen and oxygen atoms in total. The molecule has 1 amide bonds. The molecule has 0 bridgehead atoms. The maximum atomic E-state index is 11.5. The summed E-state index contributed by atoms with van der Waals surface area (Å²) in [5, 5.41) is 8.93. The van der Waals surface area contributed by atoms with Crippen LogP contribution in [0.5, 0.6) is 0 Å². The molecule has 1 N–H and O–H groups in total. The maximum absolute atomic E-state index is 11.5. The fourth-order valence-electron chi connectivity index (χ4n) is 1.52. The zero-order chi connectivity index (χ0) is 10.8. The lowest BCUT2D eigenvalue weighted by Crippen LogP contribution is -2.50. The fraction of sp³-hybridized carbons (Fsp3) is 0.900. The Kier molecular flexibility index (Phi) is 3.50. The van der Waals surface area contributed by atoms with E-state index >= 15 is 0 Å². The lowest BCUT2D eigenvalue weighted by atomic mass is 9.95. The summed E-state index contributed by atoms with van der Waals surface area (Å²) in [6.45, 7) is 7.56. The van der Waals surface area contributed by atoms with Crippen molar-refractivity contribution in [3.05, 3.63) is 0 Å². The highest BCUT2D eigenvalue weighted by Crippen LogP contribution is 2.17. The molecule has 1 atom stereocenters. The number of aliphatic hydroxyl groups is 1. The summed E-state index contributed by atoms with van der Waals surface area (Å²) < 4.78 is 5.14. The molecule has 1 aliphatic rings. The van der Waals surface area contributed by atoms with E-state index in [0.717, 1.165) is 0 Å². The third kappa shape index (κ3) is 3.27. The molecule has 82 valence electrons. The second kappa shape index (κ2) is 4.28. The van der Waals surface area contributed by atoms with E-state index in [4.69, 9.17) is 9.84 Å². The minimum atomic E-state index is -0.213. The predicted molar refractivity (Wildman–Crippen MR) is 52.9 cm³/mol. The summed E-state index contributed by atoms with van der Waals surface area (Å²) in [4.78, 5) is 13.2. The van der Waals surface area contributed by atoms with Gasteiger partial charge in [0.2, 0.25) is 5.91 Å². The molecule has 1 unspecified atom stereocenters. The number of rotatable bonds is 2. The minimum Gasteiger partial charge on any atom is -0.394 e. The zero-order valence-electron chi connectivity index (χ0n) is 9.12. The molecular formula is C10H19NO3. The Morgan fingerprint density at radius 1 is 1.57 bits per heavy atom.